The Morgan fingerprint density at radius 2 is 1.45 bits per heavy atom. The van der Waals surface area contributed by atoms with Gasteiger partial charge in [0.05, 0.1) is 11.8 Å². The monoisotopic (exact) mass is 311 g/mol. The Kier molecular flexibility index (Phi) is 9.93. The van der Waals surface area contributed by atoms with Crippen LogP contribution in [0.3, 0.4) is 0 Å². The third-order valence-electron chi connectivity index (χ3n) is 4.75. The number of unbranched alkanes of at least 4 members (excludes halogenated alkanes) is 7. The van der Waals surface area contributed by atoms with Gasteiger partial charge in [-0.25, -0.2) is 0 Å². The first-order valence-corrected chi connectivity index (χ1v) is 9.17. The van der Waals surface area contributed by atoms with Crippen molar-refractivity contribution in [2.75, 3.05) is 6.54 Å². The van der Waals surface area contributed by atoms with Crippen molar-refractivity contribution in [1.29, 1.82) is 0 Å². The standard InChI is InChI=1S/C18H33NO3/c1-2-3-4-5-6-7-8-11-14-19-17(20)15-12-9-10-13-16(15)18(21)22/h15-16H,2-14H2,1H3,(H,19,20)(H,21,22). The predicted molar refractivity (Wildman–Crippen MR) is 88.7 cm³/mol. The summed E-state index contributed by atoms with van der Waals surface area (Å²) in [7, 11) is 0. The predicted octanol–water partition coefficient (Wildman–Crippen LogP) is 4.13. The Hall–Kier alpha value is -1.06. The lowest BCUT2D eigenvalue weighted by molar-refractivity contribution is -0.148. The van der Waals surface area contributed by atoms with E-state index in [0.29, 0.717) is 13.0 Å². The van der Waals surface area contributed by atoms with Gasteiger partial charge in [0.2, 0.25) is 5.91 Å². The Labute approximate surface area is 135 Å². The average Bonchev–Trinajstić information content (AvgIpc) is 2.53. The Morgan fingerprint density at radius 1 is 0.909 bits per heavy atom. The molecule has 4 heteroatoms. The van der Waals surface area contributed by atoms with Crippen molar-refractivity contribution in [1.82, 2.24) is 5.32 Å². The Balaban J connectivity index is 2.08. The van der Waals surface area contributed by atoms with Crippen molar-refractivity contribution in [2.24, 2.45) is 11.8 Å². The fourth-order valence-electron chi connectivity index (χ4n) is 3.34. The van der Waals surface area contributed by atoms with Gasteiger partial charge < -0.3 is 10.4 Å². The van der Waals surface area contributed by atoms with Crippen molar-refractivity contribution >= 4 is 11.9 Å². The van der Waals surface area contributed by atoms with E-state index in [0.717, 1.165) is 32.1 Å². The second kappa shape index (κ2) is 11.5. The van der Waals surface area contributed by atoms with Gasteiger partial charge >= 0.3 is 5.97 Å². The van der Waals surface area contributed by atoms with Crippen molar-refractivity contribution in [2.45, 2.75) is 84.0 Å². The highest BCUT2D eigenvalue weighted by molar-refractivity contribution is 5.84. The van der Waals surface area contributed by atoms with E-state index >= 15 is 0 Å². The molecule has 0 bridgehead atoms. The average molecular weight is 311 g/mol. The second-order valence-electron chi connectivity index (χ2n) is 6.60. The number of hydrogen-bond donors (Lipinski definition) is 2. The van der Waals surface area contributed by atoms with Crippen LogP contribution in [0.1, 0.15) is 84.0 Å². The molecule has 1 fully saturated rings. The first-order chi connectivity index (χ1) is 10.7. The van der Waals surface area contributed by atoms with Crippen LogP contribution in [0.2, 0.25) is 0 Å². The molecule has 1 saturated carbocycles. The summed E-state index contributed by atoms with van der Waals surface area (Å²) >= 11 is 0. The van der Waals surface area contributed by atoms with E-state index in [1.54, 1.807) is 0 Å². The van der Waals surface area contributed by atoms with Gasteiger partial charge in [-0.05, 0) is 19.3 Å². The van der Waals surface area contributed by atoms with Gasteiger partial charge in [-0.15, -0.1) is 0 Å². The first kappa shape index (κ1) is 19.0. The van der Waals surface area contributed by atoms with E-state index in [1.165, 1.54) is 38.5 Å². The number of amides is 1. The van der Waals surface area contributed by atoms with Crippen molar-refractivity contribution in [3.05, 3.63) is 0 Å². The number of carboxylic acids is 1. The van der Waals surface area contributed by atoms with Gasteiger partial charge in [0.1, 0.15) is 0 Å². The van der Waals surface area contributed by atoms with E-state index in [2.05, 4.69) is 12.2 Å². The number of rotatable bonds is 11. The lowest BCUT2D eigenvalue weighted by Gasteiger charge is -2.27. The molecule has 1 rings (SSSR count). The van der Waals surface area contributed by atoms with Gasteiger partial charge in [-0.3, -0.25) is 9.59 Å². The maximum Gasteiger partial charge on any atom is 0.307 e. The molecule has 0 aliphatic heterocycles. The smallest absolute Gasteiger partial charge is 0.307 e. The van der Waals surface area contributed by atoms with Crippen LogP contribution >= 0.6 is 0 Å². The van der Waals surface area contributed by atoms with Crippen LogP contribution < -0.4 is 5.32 Å². The van der Waals surface area contributed by atoms with E-state index in [1.807, 2.05) is 0 Å². The molecule has 1 amide bonds. The molecule has 128 valence electrons. The zero-order chi connectivity index (χ0) is 16.2. The van der Waals surface area contributed by atoms with Crippen molar-refractivity contribution in [3.63, 3.8) is 0 Å². The van der Waals surface area contributed by atoms with Crippen molar-refractivity contribution < 1.29 is 14.7 Å². The molecule has 2 atom stereocenters. The molecule has 0 aromatic heterocycles. The van der Waals surface area contributed by atoms with Crippen LogP contribution in [0.25, 0.3) is 0 Å². The zero-order valence-corrected chi connectivity index (χ0v) is 14.1. The minimum Gasteiger partial charge on any atom is -0.481 e. The second-order valence-corrected chi connectivity index (χ2v) is 6.60. The fraction of sp³-hybridized carbons (Fsp3) is 0.889. The molecule has 0 heterocycles. The molecule has 4 nitrogen and oxygen atoms in total. The van der Waals surface area contributed by atoms with Crippen molar-refractivity contribution in [3.8, 4) is 0 Å². The van der Waals surface area contributed by atoms with Crippen LogP contribution in [-0.2, 0) is 9.59 Å². The van der Waals surface area contributed by atoms with E-state index in [9.17, 15) is 14.7 Å². The molecular weight excluding hydrogens is 278 g/mol. The van der Waals surface area contributed by atoms with E-state index < -0.39 is 11.9 Å². The Bertz CT molecular complexity index is 330. The van der Waals surface area contributed by atoms with Crippen LogP contribution in [0.4, 0.5) is 0 Å². The largest absolute Gasteiger partial charge is 0.481 e. The molecule has 0 spiro atoms. The number of carbonyl (C=O) groups excluding carboxylic acids is 1. The topological polar surface area (TPSA) is 66.4 Å². The molecule has 0 saturated heterocycles. The number of aliphatic carboxylic acids is 1. The first-order valence-electron chi connectivity index (χ1n) is 9.17. The van der Waals surface area contributed by atoms with Crippen LogP contribution in [-0.4, -0.2) is 23.5 Å². The van der Waals surface area contributed by atoms with Gasteiger partial charge in [0.15, 0.2) is 0 Å². The lowest BCUT2D eigenvalue weighted by atomic mass is 9.78. The summed E-state index contributed by atoms with van der Waals surface area (Å²) in [5.74, 6) is -1.66. The lowest BCUT2D eigenvalue weighted by Crippen LogP contribution is -2.40. The summed E-state index contributed by atoms with van der Waals surface area (Å²) < 4.78 is 0. The maximum absolute atomic E-state index is 12.1. The highest BCUT2D eigenvalue weighted by Gasteiger charge is 2.35. The molecule has 22 heavy (non-hydrogen) atoms. The molecule has 0 aromatic carbocycles. The molecule has 0 radical (unpaired) electrons. The maximum atomic E-state index is 12.1. The SMILES string of the molecule is CCCCCCCCCCNC(=O)C1CCCCC1C(=O)O. The normalized spacial score (nSPS) is 21.5. The number of hydrogen-bond acceptors (Lipinski definition) is 2. The molecule has 1 aliphatic rings. The molecule has 2 N–H and O–H groups in total. The minimum absolute atomic E-state index is 0.0463. The Morgan fingerprint density at radius 3 is 2.05 bits per heavy atom. The summed E-state index contributed by atoms with van der Waals surface area (Å²) in [5.41, 5.74) is 0. The number of carbonyl (C=O) groups is 2. The summed E-state index contributed by atoms with van der Waals surface area (Å²) in [5, 5.41) is 12.2. The zero-order valence-electron chi connectivity index (χ0n) is 14.1. The molecular formula is C18H33NO3. The summed E-state index contributed by atoms with van der Waals surface area (Å²) in [4.78, 5) is 23.4. The summed E-state index contributed by atoms with van der Waals surface area (Å²) in [6, 6.07) is 0. The van der Waals surface area contributed by atoms with Crippen LogP contribution in [0.5, 0.6) is 0 Å². The molecule has 1 aliphatic carbocycles. The summed E-state index contributed by atoms with van der Waals surface area (Å²) in [6.07, 6.45) is 13.2. The van der Waals surface area contributed by atoms with Gasteiger partial charge in [0.25, 0.3) is 0 Å². The quantitative estimate of drug-likeness (QED) is 0.564. The molecule has 0 aromatic rings. The third-order valence-corrected chi connectivity index (χ3v) is 4.75. The number of carboxylic acid groups (broad SMARTS) is 1. The van der Waals surface area contributed by atoms with Gasteiger partial charge in [-0.2, -0.15) is 0 Å². The summed E-state index contributed by atoms with van der Waals surface area (Å²) in [6.45, 7) is 2.92. The van der Waals surface area contributed by atoms with E-state index in [-0.39, 0.29) is 11.8 Å². The van der Waals surface area contributed by atoms with Crippen LogP contribution in [0, 0.1) is 11.8 Å². The molecule has 2 unspecified atom stereocenters. The highest BCUT2D eigenvalue weighted by Crippen LogP contribution is 2.30. The van der Waals surface area contributed by atoms with E-state index in [4.69, 9.17) is 0 Å². The third kappa shape index (κ3) is 7.28. The van der Waals surface area contributed by atoms with Gasteiger partial charge in [0, 0.05) is 6.54 Å². The highest BCUT2D eigenvalue weighted by atomic mass is 16.4. The fourth-order valence-corrected chi connectivity index (χ4v) is 3.34. The van der Waals surface area contributed by atoms with Crippen LogP contribution in [0.15, 0.2) is 0 Å². The number of nitrogens with one attached hydrogen (secondary N) is 1. The minimum atomic E-state index is -0.813. The van der Waals surface area contributed by atoms with Gasteiger partial charge in [-0.1, -0.05) is 64.7 Å².